The molecule has 1 aliphatic heterocycles. The topological polar surface area (TPSA) is 114 Å². The van der Waals surface area contributed by atoms with Crippen LogP contribution in [0.2, 0.25) is 0 Å². The Kier molecular flexibility index (Phi) is 8.33. The van der Waals surface area contributed by atoms with E-state index in [0.29, 0.717) is 24.4 Å². The standard InChI is InChI=1S/C26H28FN3O6/c27-22-8-7-17(30-23(31)9-10-24(30)32)15-20(22)25(33)28-11-13-35-14-12-29-26(34)36-16-21-18-5-3-1-2-4-6-19(18)21/h7-10,15,18-19,21H,3-6,11-14,16H2,(H,28,33)(H,29,34)/t18-,19+,21?. The summed E-state index contributed by atoms with van der Waals surface area (Å²) in [6, 6.07) is 3.43. The fourth-order valence-corrected chi connectivity index (χ4v) is 4.65. The molecule has 1 fully saturated rings. The van der Waals surface area contributed by atoms with Crippen molar-refractivity contribution in [1.29, 1.82) is 0 Å². The minimum absolute atomic E-state index is 0.101. The number of carbonyl (C=O) groups is 4. The van der Waals surface area contributed by atoms with E-state index in [-0.39, 0.29) is 37.6 Å². The molecule has 36 heavy (non-hydrogen) atoms. The maximum atomic E-state index is 14.1. The van der Waals surface area contributed by atoms with Gasteiger partial charge in [-0.25, -0.2) is 14.1 Å². The number of anilines is 1. The van der Waals surface area contributed by atoms with E-state index in [2.05, 4.69) is 22.5 Å². The van der Waals surface area contributed by atoms with Gasteiger partial charge in [0, 0.05) is 38.1 Å². The number of benzene rings is 1. The Labute approximate surface area is 208 Å². The summed E-state index contributed by atoms with van der Waals surface area (Å²) in [5.41, 5.74) is -0.185. The zero-order valence-corrected chi connectivity index (χ0v) is 19.8. The molecule has 1 aromatic carbocycles. The number of fused-ring (bicyclic) bond motifs is 1. The molecule has 0 radical (unpaired) electrons. The van der Waals surface area contributed by atoms with Crippen LogP contribution in [0.5, 0.6) is 0 Å². The van der Waals surface area contributed by atoms with E-state index in [4.69, 9.17) is 9.47 Å². The molecule has 0 bridgehead atoms. The number of hydrogen-bond acceptors (Lipinski definition) is 6. The second-order valence-corrected chi connectivity index (χ2v) is 8.83. The summed E-state index contributed by atoms with van der Waals surface area (Å²) in [7, 11) is 0. The molecule has 1 heterocycles. The molecule has 9 nitrogen and oxygen atoms in total. The summed E-state index contributed by atoms with van der Waals surface area (Å²) in [4.78, 5) is 48.7. The molecule has 1 saturated carbocycles. The van der Waals surface area contributed by atoms with Crippen molar-refractivity contribution in [3.63, 3.8) is 0 Å². The zero-order chi connectivity index (χ0) is 25.5. The molecule has 10 heteroatoms. The highest BCUT2D eigenvalue weighted by atomic mass is 19.1. The fourth-order valence-electron chi connectivity index (χ4n) is 4.65. The number of nitrogens with one attached hydrogen (secondary N) is 2. The van der Waals surface area contributed by atoms with Crippen LogP contribution >= 0.6 is 0 Å². The van der Waals surface area contributed by atoms with Gasteiger partial charge in [0.15, 0.2) is 0 Å². The second kappa shape index (κ2) is 11.8. The van der Waals surface area contributed by atoms with Crippen molar-refractivity contribution in [3.05, 3.63) is 41.7 Å². The lowest BCUT2D eigenvalue weighted by atomic mass is 10.1. The first-order chi connectivity index (χ1) is 17.5. The van der Waals surface area contributed by atoms with Gasteiger partial charge in [-0.15, -0.1) is 11.8 Å². The van der Waals surface area contributed by atoms with Crippen LogP contribution in [-0.2, 0) is 19.1 Å². The Bertz CT molecular complexity index is 1090. The summed E-state index contributed by atoms with van der Waals surface area (Å²) in [5.74, 6) is 5.37. The quantitative estimate of drug-likeness (QED) is 0.291. The van der Waals surface area contributed by atoms with Crippen molar-refractivity contribution in [2.75, 3.05) is 37.8 Å². The summed E-state index contributed by atoms with van der Waals surface area (Å²) >= 11 is 0. The van der Waals surface area contributed by atoms with E-state index in [1.165, 1.54) is 6.07 Å². The monoisotopic (exact) mass is 497 g/mol. The summed E-state index contributed by atoms with van der Waals surface area (Å²) in [6.07, 6.45) is 5.71. The van der Waals surface area contributed by atoms with Gasteiger partial charge in [-0.2, -0.15) is 0 Å². The summed E-state index contributed by atoms with van der Waals surface area (Å²) in [5, 5.41) is 5.16. The molecule has 1 aromatic rings. The molecule has 4 rings (SSSR count). The first-order valence-corrected chi connectivity index (χ1v) is 12.0. The molecule has 0 spiro atoms. The van der Waals surface area contributed by atoms with Gasteiger partial charge in [0.25, 0.3) is 17.7 Å². The third-order valence-electron chi connectivity index (χ3n) is 6.56. The molecule has 0 aromatic heterocycles. The van der Waals surface area contributed by atoms with Gasteiger partial charge < -0.3 is 20.1 Å². The number of halogens is 1. The minimum atomic E-state index is -0.781. The maximum Gasteiger partial charge on any atom is 0.407 e. The van der Waals surface area contributed by atoms with Gasteiger partial charge in [-0.05, 0) is 48.8 Å². The molecule has 2 N–H and O–H groups in total. The van der Waals surface area contributed by atoms with Crippen LogP contribution in [0.4, 0.5) is 14.9 Å². The number of rotatable bonds is 10. The first-order valence-electron chi connectivity index (χ1n) is 12.0. The summed E-state index contributed by atoms with van der Waals surface area (Å²) < 4.78 is 24.8. The Morgan fingerprint density at radius 3 is 2.31 bits per heavy atom. The van der Waals surface area contributed by atoms with Gasteiger partial charge in [-0.1, -0.05) is 0 Å². The SMILES string of the molecule is O=C(NCCOCCNC(=O)c1cc(N2C(=O)C=CC2=O)ccc1F)OCC1[C@H]2CCC#CCC[C@@H]12. The zero-order valence-electron chi connectivity index (χ0n) is 19.8. The van der Waals surface area contributed by atoms with Crippen LogP contribution in [0.3, 0.4) is 0 Å². The van der Waals surface area contributed by atoms with Crippen LogP contribution in [0.25, 0.3) is 0 Å². The van der Waals surface area contributed by atoms with Crippen LogP contribution in [0, 0.1) is 35.4 Å². The Morgan fingerprint density at radius 1 is 1.00 bits per heavy atom. The van der Waals surface area contributed by atoms with Gasteiger partial charge in [0.05, 0.1) is 31.1 Å². The summed E-state index contributed by atoms with van der Waals surface area (Å²) in [6.45, 7) is 1.13. The average molecular weight is 498 g/mol. The molecular formula is C26H28FN3O6. The van der Waals surface area contributed by atoms with Gasteiger partial charge in [-0.3, -0.25) is 14.4 Å². The van der Waals surface area contributed by atoms with E-state index in [1.807, 2.05) is 0 Å². The fraction of sp³-hybridized carbons (Fsp3) is 0.462. The number of carbonyl (C=O) groups excluding carboxylic acids is 4. The number of nitrogens with zero attached hydrogens (tertiary/aromatic N) is 1. The van der Waals surface area contributed by atoms with Crippen molar-refractivity contribution >= 4 is 29.5 Å². The maximum absolute atomic E-state index is 14.1. The number of ether oxygens (including phenoxy) is 2. The minimum Gasteiger partial charge on any atom is -0.449 e. The van der Waals surface area contributed by atoms with Crippen molar-refractivity contribution < 1.29 is 33.0 Å². The molecule has 0 saturated heterocycles. The van der Waals surface area contributed by atoms with E-state index < -0.39 is 29.6 Å². The smallest absolute Gasteiger partial charge is 0.407 e. The van der Waals surface area contributed by atoms with Crippen LogP contribution in [-0.4, -0.2) is 56.7 Å². The normalized spacial score (nSPS) is 22.1. The number of imide groups is 1. The van der Waals surface area contributed by atoms with Crippen molar-refractivity contribution in [2.24, 2.45) is 17.8 Å². The van der Waals surface area contributed by atoms with E-state index in [1.54, 1.807) is 0 Å². The van der Waals surface area contributed by atoms with Crippen LogP contribution in [0.1, 0.15) is 36.0 Å². The second-order valence-electron chi connectivity index (χ2n) is 8.83. The Hall–Kier alpha value is -3.71. The van der Waals surface area contributed by atoms with Gasteiger partial charge >= 0.3 is 6.09 Å². The van der Waals surface area contributed by atoms with Crippen molar-refractivity contribution in [1.82, 2.24) is 10.6 Å². The van der Waals surface area contributed by atoms with Gasteiger partial charge in [0.2, 0.25) is 0 Å². The lowest BCUT2D eigenvalue weighted by Crippen LogP contribution is -2.32. The number of amides is 4. The third kappa shape index (κ3) is 6.29. The largest absolute Gasteiger partial charge is 0.449 e. The molecule has 4 amide bonds. The predicted octanol–water partition coefficient (Wildman–Crippen LogP) is 2.17. The number of hydrogen-bond donors (Lipinski definition) is 2. The lowest BCUT2D eigenvalue weighted by Gasteiger charge is -2.15. The van der Waals surface area contributed by atoms with Crippen LogP contribution in [0.15, 0.2) is 30.4 Å². The molecule has 3 atom stereocenters. The van der Waals surface area contributed by atoms with E-state index in [9.17, 15) is 23.6 Å². The Balaban J connectivity index is 1.08. The van der Waals surface area contributed by atoms with Gasteiger partial charge in [0.1, 0.15) is 5.82 Å². The molecule has 1 unspecified atom stereocenters. The highest BCUT2D eigenvalue weighted by Gasteiger charge is 2.49. The van der Waals surface area contributed by atoms with E-state index >= 15 is 0 Å². The van der Waals surface area contributed by atoms with Crippen molar-refractivity contribution in [2.45, 2.75) is 25.7 Å². The Morgan fingerprint density at radius 2 is 1.64 bits per heavy atom. The van der Waals surface area contributed by atoms with Crippen LogP contribution < -0.4 is 15.5 Å². The third-order valence-corrected chi connectivity index (χ3v) is 6.56. The average Bonchev–Trinajstić information content (AvgIpc) is 3.37. The first kappa shape index (κ1) is 25.4. The highest BCUT2D eigenvalue weighted by Crippen LogP contribution is 2.52. The number of alkyl carbamates (subject to hydrolysis) is 1. The molecule has 3 aliphatic rings. The molecular weight excluding hydrogens is 469 g/mol. The highest BCUT2D eigenvalue weighted by molar-refractivity contribution is 6.28. The predicted molar refractivity (Wildman–Crippen MR) is 127 cm³/mol. The lowest BCUT2D eigenvalue weighted by molar-refractivity contribution is -0.120. The molecule has 190 valence electrons. The molecule has 2 aliphatic carbocycles. The van der Waals surface area contributed by atoms with E-state index in [0.717, 1.165) is 54.9 Å². The van der Waals surface area contributed by atoms with Crippen molar-refractivity contribution in [3.8, 4) is 11.8 Å².